The third kappa shape index (κ3) is 3.88. The summed E-state index contributed by atoms with van der Waals surface area (Å²) in [6, 6.07) is 16.5. The van der Waals surface area contributed by atoms with Crippen molar-refractivity contribution in [1.29, 1.82) is 0 Å². The molecule has 5 heteroatoms. The summed E-state index contributed by atoms with van der Waals surface area (Å²) in [5.41, 5.74) is 4.52. The number of carbonyl (C=O) groups excluding carboxylic acids is 1. The van der Waals surface area contributed by atoms with Gasteiger partial charge >= 0.3 is 0 Å². The number of hydrogen-bond acceptors (Lipinski definition) is 2. The van der Waals surface area contributed by atoms with Crippen molar-refractivity contribution in [2.75, 3.05) is 31.6 Å². The van der Waals surface area contributed by atoms with E-state index in [-0.39, 0.29) is 5.91 Å². The van der Waals surface area contributed by atoms with Gasteiger partial charge in [-0.2, -0.15) is 0 Å². The van der Waals surface area contributed by atoms with Crippen molar-refractivity contribution in [2.24, 2.45) is 4.99 Å². The Balaban J connectivity index is 1.37. The zero-order valence-corrected chi connectivity index (χ0v) is 16.5. The molecule has 1 saturated heterocycles. The molecule has 2 aromatic carbocycles. The normalized spacial score (nSPS) is 16.8. The van der Waals surface area contributed by atoms with Gasteiger partial charge in [-0.05, 0) is 55.0 Å². The fourth-order valence-corrected chi connectivity index (χ4v) is 4.08. The van der Waals surface area contributed by atoms with E-state index in [1.807, 2.05) is 36.2 Å². The molecule has 146 valence electrons. The molecule has 0 aromatic heterocycles. The molecule has 28 heavy (non-hydrogen) atoms. The van der Waals surface area contributed by atoms with E-state index < -0.39 is 0 Å². The zero-order valence-electron chi connectivity index (χ0n) is 16.5. The molecule has 1 amide bonds. The van der Waals surface area contributed by atoms with Crippen LogP contribution in [-0.4, -0.2) is 43.4 Å². The van der Waals surface area contributed by atoms with E-state index in [0.29, 0.717) is 6.54 Å². The van der Waals surface area contributed by atoms with Gasteiger partial charge in [-0.3, -0.25) is 9.79 Å². The first-order chi connectivity index (χ1) is 13.8. The van der Waals surface area contributed by atoms with Crippen molar-refractivity contribution in [3.63, 3.8) is 0 Å². The summed E-state index contributed by atoms with van der Waals surface area (Å²) in [5.74, 6) is 1.04. The Bertz CT molecular complexity index is 853. The smallest absolute Gasteiger partial charge is 0.253 e. The lowest BCUT2D eigenvalue weighted by atomic mass is 10.1. The highest BCUT2D eigenvalue weighted by Crippen LogP contribution is 2.27. The monoisotopic (exact) mass is 376 g/mol. The molecule has 1 fully saturated rings. The van der Waals surface area contributed by atoms with Crippen molar-refractivity contribution in [3.05, 3.63) is 65.2 Å². The van der Waals surface area contributed by atoms with Gasteiger partial charge in [-0.15, -0.1) is 0 Å². The number of aliphatic imine (C=N–C) groups is 1. The number of carbonyl (C=O) groups is 1. The van der Waals surface area contributed by atoms with Crippen LogP contribution in [0.25, 0.3) is 0 Å². The van der Waals surface area contributed by atoms with Gasteiger partial charge < -0.3 is 15.1 Å². The second-order valence-corrected chi connectivity index (χ2v) is 7.48. The van der Waals surface area contributed by atoms with Gasteiger partial charge in [-0.1, -0.05) is 30.3 Å². The number of anilines is 1. The number of fused-ring (bicyclic) bond motifs is 1. The standard InChI is InChI=1S/C23H28N4O/c1-24-23(27-16-13-19-7-3-4-8-21(19)27)25-17-18-9-11-20(12-10-18)22(28)26-14-5-2-6-15-26/h3-4,7-12H,2,5-6,13-17H2,1H3,(H,24,25). The number of amides is 1. The van der Waals surface area contributed by atoms with Crippen LogP contribution in [0.15, 0.2) is 53.5 Å². The van der Waals surface area contributed by atoms with Crippen LogP contribution in [0.5, 0.6) is 0 Å². The average molecular weight is 377 g/mol. The molecule has 5 nitrogen and oxygen atoms in total. The molecule has 0 saturated carbocycles. The Labute approximate surface area is 167 Å². The quantitative estimate of drug-likeness (QED) is 0.659. The number of nitrogens with zero attached hydrogens (tertiary/aromatic N) is 3. The van der Waals surface area contributed by atoms with Crippen LogP contribution in [0.2, 0.25) is 0 Å². The van der Waals surface area contributed by atoms with E-state index in [1.54, 1.807) is 0 Å². The number of rotatable bonds is 3. The molecule has 0 aliphatic carbocycles. The number of hydrogen-bond donors (Lipinski definition) is 1. The molecule has 1 N–H and O–H groups in total. The molecule has 0 atom stereocenters. The highest BCUT2D eigenvalue weighted by Gasteiger charge is 2.22. The van der Waals surface area contributed by atoms with E-state index >= 15 is 0 Å². The molecule has 2 aromatic rings. The van der Waals surface area contributed by atoms with Crippen LogP contribution < -0.4 is 10.2 Å². The van der Waals surface area contributed by atoms with E-state index in [1.165, 1.54) is 17.7 Å². The van der Waals surface area contributed by atoms with E-state index in [0.717, 1.165) is 56.0 Å². The van der Waals surface area contributed by atoms with Gasteiger partial charge in [0, 0.05) is 44.5 Å². The summed E-state index contributed by atoms with van der Waals surface area (Å²) >= 11 is 0. The number of piperidine rings is 1. The predicted octanol–water partition coefficient (Wildman–Crippen LogP) is 3.45. The van der Waals surface area contributed by atoms with Crippen LogP contribution in [0.1, 0.15) is 40.7 Å². The summed E-state index contributed by atoms with van der Waals surface area (Å²) in [5, 5.41) is 3.46. The van der Waals surface area contributed by atoms with Crippen LogP contribution in [-0.2, 0) is 13.0 Å². The maximum atomic E-state index is 12.6. The van der Waals surface area contributed by atoms with Gasteiger partial charge in [0.25, 0.3) is 5.91 Å². The predicted molar refractivity (Wildman–Crippen MR) is 114 cm³/mol. The Morgan fingerprint density at radius 1 is 1.00 bits per heavy atom. The second-order valence-electron chi connectivity index (χ2n) is 7.48. The highest BCUT2D eigenvalue weighted by atomic mass is 16.2. The lowest BCUT2D eigenvalue weighted by molar-refractivity contribution is 0.0724. The molecule has 0 bridgehead atoms. The van der Waals surface area contributed by atoms with Gasteiger partial charge in [0.05, 0.1) is 0 Å². The van der Waals surface area contributed by atoms with Crippen molar-refractivity contribution in [2.45, 2.75) is 32.2 Å². The molecular weight excluding hydrogens is 348 g/mol. The Kier molecular flexibility index (Phi) is 5.60. The van der Waals surface area contributed by atoms with Crippen LogP contribution in [0.3, 0.4) is 0 Å². The van der Waals surface area contributed by atoms with E-state index in [2.05, 4.69) is 39.5 Å². The first-order valence-electron chi connectivity index (χ1n) is 10.2. The summed E-state index contributed by atoms with van der Waals surface area (Å²) in [6.07, 6.45) is 4.51. The Morgan fingerprint density at radius 2 is 1.75 bits per heavy atom. The number of nitrogens with one attached hydrogen (secondary N) is 1. The molecule has 0 spiro atoms. The first-order valence-corrected chi connectivity index (χ1v) is 10.2. The molecule has 0 radical (unpaired) electrons. The fraction of sp³-hybridized carbons (Fsp3) is 0.391. The molecule has 2 heterocycles. The van der Waals surface area contributed by atoms with Gasteiger partial charge in [0.2, 0.25) is 0 Å². The topological polar surface area (TPSA) is 47.9 Å². The van der Waals surface area contributed by atoms with Crippen molar-refractivity contribution >= 4 is 17.6 Å². The lowest BCUT2D eigenvalue weighted by Gasteiger charge is -2.26. The van der Waals surface area contributed by atoms with Gasteiger partial charge in [0.15, 0.2) is 5.96 Å². The number of para-hydroxylation sites is 1. The van der Waals surface area contributed by atoms with Crippen LogP contribution in [0.4, 0.5) is 5.69 Å². The second kappa shape index (κ2) is 8.46. The molecule has 0 unspecified atom stereocenters. The Morgan fingerprint density at radius 3 is 2.50 bits per heavy atom. The van der Waals surface area contributed by atoms with E-state index in [9.17, 15) is 4.79 Å². The Hall–Kier alpha value is -2.82. The lowest BCUT2D eigenvalue weighted by Crippen LogP contribution is -2.40. The third-order valence-electron chi connectivity index (χ3n) is 5.65. The maximum absolute atomic E-state index is 12.6. The molecule has 2 aliphatic rings. The van der Waals surface area contributed by atoms with Crippen molar-refractivity contribution < 1.29 is 4.79 Å². The fourth-order valence-electron chi connectivity index (χ4n) is 4.08. The number of guanidine groups is 1. The van der Waals surface area contributed by atoms with Gasteiger partial charge in [-0.25, -0.2) is 0 Å². The molecule has 4 rings (SSSR count). The largest absolute Gasteiger partial charge is 0.352 e. The van der Waals surface area contributed by atoms with Crippen molar-refractivity contribution in [3.8, 4) is 0 Å². The average Bonchev–Trinajstić information content (AvgIpc) is 3.19. The minimum Gasteiger partial charge on any atom is -0.352 e. The zero-order chi connectivity index (χ0) is 19.3. The third-order valence-corrected chi connectivity index (χ3v) is 5.65. The van der Waals surface area contributed by atoms with Crippen molar-refractivity contribution in [1.82, 2.24) is 10.2 Å². The summed E-state index contributed by atoms with van der Waals surface area (Å²) in [6.45, 7) is 3.40. The summed E-state index contributed by atoms with van der Waals surface area (Å²) in [7, 11) is 1.82. The maximum Gasteiger partial charge on any atom is 0.253 e. The van der Waals surface area contributed by atoms with Crippen LogP contribution >= 0.6 is 0 Å². The number of benzene rings is 2. The SMILES string of the molecule is CN=C(NCc1ccc(C(=O)N2CCCCC2)cc1)N1CCc2ccccc21. The van der Waals surface area contributed by atoms with Crippen LogP contribution in [0, 0.1) is 0 Å². The first kappa shape index (κ1) is 18.5. The minimum absolute atomic E-state index is 0.156. The van der Waals surface area contributed by atoms with E-state index in [4.69, 9.17) is 0 Å². The molecule has 2 aliphatic heterocycles. The summed E-state index contributed by atoms with van der Waals surface area (Å²) in [4.78, 5) is 21.3. The summed E-state index contributed by atoms with van der Waals surface area (Å²) < 4.78 is 0. The minimum atomic E-state index is 0.156. The van der Waals surface area contributed by atoms with Gasteiger partial charge in [0.1, 0.15) is 0 Å². The number of likely N-dealkylation sites (tertiary alicyclic amines) is 1. The molecular formula is C23H28N4O. The highest BCUT2D eigenvalue weighted by molar-refractivity contribution is 5.98.